The summed E-state index contributed by atoms with van der Waals surface area (Å²) in [5.41, 5.74) is 7.33. The van der Waals surface area contributed by atoms with E-state index < -0.39 is 0 Å². The summed E-state index contributed by atoms with van der Waals surface area (Å²) in [6, 6.07) is 40.3. The van der Waals surface area contributed by atoms with Gasteiger partial charge in [-0.05, 0) is 58.3 Å². The molecule has 3 aromatic heterocycles. The van der Waals surface area contributed by atoms with Crippen molar-refractivity contribution in [2.24, 2.45) is 0 Å². The van der Waals surface area contributed by atoms with Crippen LogP contribution in [0, 0.1) is 0 Å². The van der Waals surface area contributed by atoms with E-state index in [-0.39, 0.29) is 0 Å². The van der Waals surface area contributed by atoms with Crippen LogP contribution in [0.15, 0.2) is 115 Å². The molecule has 0 bridgehead atoms. The van der Waals surface area contributed by atoms with Crippen molar-refractivity contribution in [2.75, 3.05) is 0 Å². The Labute approximate surface area is 190 Å². The first-order valence-corrected chi connectivity index (χ1v) is 11.1. The topological polar surface area (TPSA) is 30.2 Å². The van der Waals surface area contributed by atoms with Gasteiger partial charge in [0.05, 0.1) is 27.9 Å². The minimum Gasteiger partial charge on any atom is -0.246 e. The van der Waals surface area contributed by atoms with Gasteiger partial charge in [0, 0.05) is 10.8 Å². The van der Waals surface area contributed by atoms with Crippen molar-refractivity contribution >= 4 is 38.1 Å². The Kier molecular flexibility index (Phi) is 3.84. The SMILES string of the molecule is c1ccc2cc(-c3ccc4ccc(-c5cccc6c7ccccc7nn56)nc4c3)ccc2c1. The number of nitrogens with zero attached hydrogens (tertiary/aromatic N) is 3. The van der Waals surface area contributed by atoms with Gasteiger partial charge in [0.2, 0.25) is 0 Å². The van der Waals surface area contributed by atoms with E-state index in [4.69, 9.17) is 10.1 Å². The van der Waals surface area contributed by atoms with Gasteiger partial charge in [-0.2, -0.15) is 5.10 Å². The molecular weight excluding hydrogens is 402 g/mol. The summed E-state index contributed by atoms with van der Waals surface area (Å²) in [5, 5.41) is 9.62. The van der Waals surface area contributed by atoms with Crippen LogP contribution in [0.2, 0.25) is 0 Å². The van der Waals surface area contributed by atoms with Gasteiger partial charge in [-0.25, -0.2) is 9.50 Å². The van der Waals surface area contributed by atoms with Gasteiger partial charge >= 0.3 is 0 Å². The van der Waals surface area contributed by atoms with Crippen molar-refractivity contribution in [3.05, 3.63) is 115 Å². The molecule has 0 saturated carbocycles. The number of fused-ring (bicyclic) bond motifs is 5. The Morgan fingerprint density at radius 2 is 1.27 bits per heavy atom. The van der Waals surface area contributed by atoms with E-state index in [0.717, 1.165) is 38.7 Å². The number of hydrogen-bond acceptors (Lipinski definition) is 2. The lowest BCUT2D eigenvalue weighted by Crippen LogP contribution is -1.95. The Morgan fingerprint density at radius 1 is 0.515 bits per heavy atom. The van der Waals surface area contributed by atoms with Gasteiger partial charge in [-0.15, -0.1) is 0 Å². The predicted molar refractivity (Wildman–Crippen MR) is 136 cm³/mol. The Balaban J connectivity index is 1.39. The zero-order valence-electron chi connectivity index (χ0n) is 17.8. The van der Waals surface area contributed by atoms with E-state index >= 15 is 0 Å². The number of rotatable bonds is 2. The Bertz CT molecular complexity index is 1830. The minimum atomic E-state index is 0.913. The molecule has 0 saturated heterocycles. The number of benzene rings is 4. The van der Waals surface area contributed by atoms with E-state index in [1.165, 1.54) is 21.9 Å². The van der Waals surface area contributed by atoms with Gasteiger partial charge in [0.1, 0.15) is 0 Å². The van der Waals surface area contributed by atoms with Crippen molar-refractivity contribution in [1.29, 1.82) is 0 Å². The number of aromatic nitrogens is 3. The van der Waals surface area contributed by atoms with Crippen molar-refractivity contribution in [3.63, 3.8) is 0 Å². The summed E-state index contributed by atoms with van der Waals surface area (Å²) in [5.74, 6) is 0. The third-order valence-corrected chi connectivity index (χ3v) is 6.39. The molecule has 7 aromatic rings. The summed E-state index contributed by atoms with van der Waals surface area (Å²) in [6.45, 7) is 0. The smallest absolute Gasteiger partial charge is 0.0934 e. The molecule has 0 spiro atoms. The van der Waals surface area contributed by atoms with Gasteiger partial charge in [0.15, 0.2) is 0 Å². The van der Waals surface area contributed by atoms with Crippen LogP contribution in [0.4, 0.5) is 0 Å². The highest BCUT2D eigenvalue weighted by Crippen LogP contribution is 2.29. The van der Waals surface area contributed by atoms with Crippen LogP contribution in [-0.2, 0) is 0 Å². The molecule has 3 heteroatoms. The van der Waals surface area contributed by atoms with Crippen LogP contribution in [0.3, 0.4) is 0 Å². The highest BCUT2D eigenvalue weighted by Gasteiger charge is 2.11. The van der Waals surface area contributed by atoms with E-state index in [2.05, 4.69) is 109 Å². The summed E-state index contributed by atoms with van der Waals surface area (Å²) in [7, 11) is 0. The zero-order chi connectivity index (χ0) is 21.8. The third-order valence-electron chi connectivity index (χ3n) is 6.39. The summed E-state index contributed by atoms with van der Waals surface area (Å²) >= 11 is 0. The molecule has 0 aliphatic carbocycles. The van der Waals surface area contributed by atoms with E-state index in [0.29, 0.717) is 0 Å². The Morgan fingerprint density at radius 3 is 2.21 bits per heavy atom. The zero-order valence-corrected chi connectivity index (χ0v) is 17.8. The molecule has 154 valence electrons. The van der Waals surface area contributed by atoms with Crippen LogP contribution < -0.4 is 0 Å². The van der Waals surface area contributed by atoms with Crippen LogP contribution in [0.25, 0.3) is 60.6 Å². The average Bonchev–Trinajstić information content (AvgIpc) is 3.27. The molecule has 0 aliphatic heterocycles. The first-order valence-electron chi connectivity index (χ1n) is 11.1. The maximum absolute atomic E-state index is 5.05. The third kappa shape index (κ3) is 2.90. The molecule has 0 aliphatic rings. The molecule has 3 nitrogen and oxygen atoms in total. The molecular formula is C30H19N3. The molecule has 0 radical (unpaired) electrons. The first-order chi connectivity index (χ1) is 16.3. The van der Waals surface area contributed by atoms with E-state index in [1.807, 2.05) is 10.6 Å². The molecule has 4 aromatic carbocycles. The van der Waals surface area contributed by atoms with Crippen molar-refractivity contribution < 1.29 is 0 Å². The normalized spacial score (nSPS) is 11.6. The van der Waals surface area contributed by atoms with E-state index in [1.54, 1.807) is 0 Å². The largest absolute Gasteiger partial charge is 0.246 e. The number of pyridine rings is 2. The summed E-state index contributed by atoms with van der Waals surface area (Å²) < 4.78 is 2.01. The van der Waals surface area contributed by atoms with Crippen molar-refractivity contribution in [3.8, 4) is 22.5 Å². The van der Waals surface area contributed by atoms with Gasteiger partial charge in [-0.3, -0.25) is 0 Å². The molecule has 33 heavy (non-hydrogen) atoms. The fourth-order valence-corrected chi connectivity index (χ4v) is 4.70. The second-order valence-corrected chi connectivity index (χ2v) is 8.39. The first kappa shape index (κ1) is 18.1. The van der Waals surface area contributed by atoms with E-state index in [9.17, 15) is 0 Å². The molecule has 0 N–H and O–H groups in total. The minimum absolute atomic E-state index is 0.913. The maximum Gasteiger partial charge on any atom is 0.0934 e. The van der Waals surface area contributed by atoms with Gasteiger partial charge < -0.3 is 0 Å². The quantitative estimate of drug-likeness (QED) is 0.289. The molecule has 0 fully saturated rings. The molecule has 3 heterocycles. The van der Waals surface area contributed by atoms with Crippen LogP contribution >= 0.6 is 0 Å². The van der Waals surface area contributed by atoms with Crippen LogP contribution in [0.5, 0.6) is 0 Å². The average molecular weight is 422 g/mol. The molecule has 7 rings (SSSR count). The fraction of sp³-hybridized carbons (Fsp3) is 0. The second-order valence-electron chi connectivity index (χ2n) is 8.39. The fourth-order valence-electron chi connectivity index (χ4n) is 4.70. The van der Waals surface area contributed by atoms with Crippen molar-refractivity contribution in [1.82, 2.24) is 14.6 Å². The van der Waals surface area contributed by atoms with Crippen LogP contribution in [0.1, 0.15) is 0 Å². The summed E-state index contributed by atoms with van der Waals surface area (Å²) in [6.07, 6.45) is 0. The lowest BCUT2D eigenvalue weighted by atomic mass is 10.00. The summed E-state index contributed by atoms with van der Waals surface area (Å²) in [4.78, 5) is 5.05. The van der Waals surface area contributed by atoms with Gasteiger partial charge in [0.25, 0.3) is 0 Å². The predicted octanol–water partition coefficient (Wildman–Crippen LogP) is 7.52. The highest BCUT2D eigenvalue weighted by molar-refractivity contribution is 5.95. The monoisotopic (exact) mass is 421 g/mol. The van der Waals surface area contributed by atoms with Gasteiger partial charge in [-0.1, -0.05) is 78.9 Å². The molecule has 0 unspecified atom stereocenters. The number of hydrogen-bond donors (Lipinski definition) is 0. The highest BCUT2D eigenvalue weighted by atomic mass is 15.2. The van der Waals surface area contributed by atoms with Crippen molar-refractivity contribution in [2.45, 2.75) is 0 Å². The standard InChI is InChI=1S/C30H19N3/c1-2-7-22-18-23(14-12-20(22)6-1)24-15-13-21-16-17-27(31-28(21)19-24)30-11-5-10-29-25-8-3-4-9-26(25)32-33(29)30/h1-19H. The molecule has 0 amide bonds. The lowest BCUT2D eigenvalue weighted by molar-refractivity contribution is 0.984. The second kappa shape index (κ2) is 7.01. The lowest BCUT2D eigenvalue weighted by Gasteiger charge is -2.08. The maximum atomic E-state index is 5.05. The van der Waals surface area contributed by atoms with Crippen LogP contribution in [-0.4, -0.2) is 14.6 Å². The Hall–Kier alpha value is -4.50. The molecule has 0 atom stereocenters.